The van der Waals surface area contributed by atoms with Crippen LogP contribution in [-0.4, -0.2) is 22.7 Å². The second-order valence-electron chi connectivity index (χ2n) is 6.04. The van der Waals surface area contributed by atoms with Gasteiger partial charge >= 0.3 is 5.97 Å². The van der Waals surface area contributed by atoms with Gasteiger partial charge in [-0.25, -0.2) is 0 Å². The smallest absolute Gasteiger partial charge is 0.323 e. The van der Waals surface area contributed by atoms with E-state index in [1.807, 2.05) is 13.8 Å². The molecule has 18 heavy (non-hydrogen) atoms. The van der Waals surface area contributed by atoms with E-state index in [2.05, 4.69) is 12.2 Å². The largest absolute Gasteiger partial charge is 0.480 e. The average molecular weight is 255 g/mol. The number of nitrogens with one attached hydrogen (secondary N) is 1. The van der Waals surface area contributed by atoms with Crippen molar-refractivity contribution in [1.29, 1.82) is 0 Å². The molecule has 1 fully saturated rings. The van der Waals surface area contributed by atoms with Crippen molar-refractivity contribution >= 4 is 5.97 Å². The minimum atomic E-state index is -0.739. The van der Waals surface area contributed by atoms with Gasteiger partial charge in [0.15, 0.2) is 0 Å². The highest BCUT2D eigenvalue weighted by molar-refractivity contribution is 5.78. The van der Waals surface area contributed by atoms with E-state index < -0.39 is 11.5 Å². The summed E-state index contributed by atoms with van der Waals surface area (Å²) >= 11 is 0. The molecule has 0 aromatic rings. The van der Waals surface area contributed by atoms with Gasteiger partial charge in [-0.3, -0.25) is 10.1 Å². The SMILES string of the molecule is CCCC1CCC(NC(C)(CCC)C(=O)O)CC1. The minimum Gasteiger partial charge on any atom is -0.480 e. The van der Waals surface area contributed by atoms with Crippen LogP contribution >= 0.6 is 0 Å². The third-order valence-corrected chi connectivity index (χ3v) is 4.29. The number of hydrogen-bond donors (Lipinski definition) is 2. The molecule has 2 N–H and O–H groups in total. The molecule has 1 atom stereocenters. The molecular weight excluding hydrogens is 226 g/mol. The van der Waals surface area contributed by atoms with Crippen LogP contribution in [0, 0.1) is 5.92 Å². The zero-order valence-corrected chi connectivity index (χ0v) is 12.2. The van der Waals surface area contributed by atoms with Crippen LogP contribution in [0.1, 0.15) is 72.1 Å². The Morgan fingerprint density at radius 1 is 1.22 bits per heavy atom. The highest BCUT2D eigenvalue weighted by atomic mass is 16.4. The monoisotopic (exact) mass is 255 g/mol. The maximum atomic E-state index is 11.4. The Morgan fingerprint density at radius 3 is 2.28 bits per heavy atom. The number of carboxylic acids is 1. The van der Waals surface area contributed by atoms with Gasteiger partial charge < -0.3 is 5.11 Å². The molecular formula is C15H29NO2. The zero-order valence-electron chi connectivity index (χ0n) is 12.2. The lowest BCUT2D eigenvalue weighted by Gasteiger charge is -2.35. The first-order chi connectivity index (χ1) is 8.51. The standard InChI is InChI=1S/C15H29NO2/c1-4-6-12-7-9-13(10-8-12)16-15(3,11-5-2)14(17)18/h12-13,16H,4-11H2,1-3H3,(H,17,18). The van der Waals surface area contributed by atoms with Gasteiger partial charge in [0.1, 0.15) is 5.54 Å². The van der Waals surface area contributed by atoms with E-state index in [4.69, 9.17) is 0 Å². The fraction of sp³-hybridized carbons (Fsp3) is 0.933. The van der Waals surface area contributed by atoms with Crippen molar-refractivity contribution in [2.75, 3.05) is 0 Å². The summed E-state index contributed by atoms with van der Waals surface area (Å²) in [4.78, 5) is 11.4. The van der Waals surface area contributed by atoms with E-state index in [1.54, 1.807) is 0 Å². The Bertz CT molecular complexity index is 259. The van der Waals surface area contributed by atoms with E-state index in [0.717, 1.165) is 25.2 Å². The van der Waals surface area contributed by atoms with Crippen LogP contribution in [-0.2, 0) is 4.79 Å². The van der Waals surface area contributed by atoms with Crippen LogP contribution < -0.4 is 5.32 Å². The number of carbonyl (C=O) groups is 1. The lowest BCUT2D eigenvalue weighted by molar-refractivity contribution is -0.145. The molecule has 1 unspecified atom stereocenters. The Balaban J connectivity index is 2.45. The molecule has 0 amide bonds. The van der Waals surface area contributed by atoms with Crippen LogP contribution in [0.25, 0.3) is 0 Å². The summed E-state index contributed by atoms with van der Waals surface area (Å²) in [5.74, 6) is 0.162. The Hall–Kier alpha value is -0.570. The summed E-state index contributed by atoms with van der Waals surface area (Å²) in [5.41, 5.74) is -0.739. The van der Waals surface area contributed by atoms with E-state index >= 15 is 0 Å². The van der Waals surface area contributed by atoms with E-state index in [-0.39, 0.29) is 0 Å². The van der Waals surface area contributed by atoms with Gasteiger partial charge in [-0.1, -0.05) is 33.1 Å². The lowest BCUT2D eigenvalue weighted by Crippen LogP contribution is -2.54. The molecule has 3 heteroatoms. The van der Waals surface area contributed by atoms with Crippen LogP contribution in [0.5, 0.6) is 0 Å². The molecule has 0 aromatic heterocycles. The topological polar surface area (TPSA) is 49.3 Å². The predicted molar refractivity (Wildman–Crippen MR) is 74.7 cm³/mol. The third kappa shape index (κ3) is 4.27. The molecule has 0 saturated heterocycles. The van der Waals surface area contributed by atoms with Crippen molar-refractivity contribution < 1.29 is 9.90 Å². The van der Waals surface area contributed by atoms with E-state index in [1.165, 1.54) is 25.7 Å². The van der Waals surface area contributed by atoms with Gasteiger partial charge in [0, 0.05) is 6.04 Å². The molecule has 0 spiro atoms. The zero-order chi connectivity index (χ0) is 13.6. The summed E-state index contributed by atoms with van der Waals surface area (Å²) in [6, 6.07) is 0.394. The van der Waals surface area contributed by atoms with Crippen molar-refractivity contribution in [1.82, 2.24) is 5.32 Å². The molecule has 106 valence electrons. The summed E-state index contributed by atoms with van der Waals surface area (Å²) < 4.78 is 0. The van der Waals surface area contributed by atoms with Crippen molar-refractivity contribution in [3.8, 4) is 0 Å². The highest BCUT2D eigenvalue weighted by Crippen LogP contribution is 2.29. The molecule has 0 aliphatic heterocycles. The van der Waals surface area contributed by atoms with E-state index in [0.29, 0.717) is 12.5 Å². The summed E-state index contributed by atoms with van der Waals surface area (Å²) in [7, 11) is 0. The predicted octanol–water partition coefficient (Wildman–Crippen LogP) is 3.58. The summed E-state index contributed by atoms with van der Waals surface area (Å²) in [6.45, 7) is 6.12. The molecule has 0 bridgehead atoms. The van der Waals surface area contributed by atoms with Crippen molar-refractivity contribution in [2.24, 2.45) is 5.92 Å². The number of rotatable bonds is 7. The maximum absolute atomic E-state index is 11.4. The Morgan fingerprint density at radius 2 is 1.83 bits per heavy atom. The number of hydrogen-bond acceptors (Lipinski definition) is 2. The highest BCUT2D eigenvalue weighted by Gasteiger charge is 2.35. The lowest BCUT2D eigenvalue weighted by atomic mass is 9.82. The fourth-order valence-corrected chi connectivity index (χ4v) is 3.20. The molecule has 1 saturated carbocycles. The van der Waals surface area contributed by atoms with Crippen LogP contribution in [0.15, 0.2) is 0 Å². The van der Waals surface area contributed by atoms with Crippen molar-refractivity contribution in [3.05, 3.63) is 0 Å². The molecule has 0 radical (unpaired) electrons. The van der Waals surface area contributed by atoms with Gasteiger partial charge in [0.05, 0.1) is 0 Å². The molecule has 0 aromatic carbocycles. The van der Waals surface area contributed by atoms with Crippen LogP contribution in [0.4, 0.5) is 0 Å². The summed E-state index contributed by atoms with van der Waals surface area (Å²) in [5, 5.41) is 12.8. The quantitative estimate of drug-likeness (QED) is 0.731. The molecule has 1 aliphatic rings. The normalized spacial score (nSPS) is 27.7. The first-order valence-corrected chi connectivity index (χ1v) is 7.53. The molecule has 1 rings (SSSR count). The van der Waals surface area contributed by atoms with Gasteiger partial charge in [0.25, 0.3) is 0 Å². The van der Waals surface area contributed by atoms with Crippen LogP contribution in [0.3, 0.4) is 0 Å². The first kappa shape index (κ1) is 15.5. The van der Waals surface area contributed by atoms with Crippen LogP contribution in [0.2, 0.25) is 0 Å². The van der Waals surface area contributed by atoms with Gasteiger partial charge in [-0.15, -0.1) is 0 Å². The minimum absolute atomic E-state index is 0.394. The molecule has 3 nitrogen and oxygen atoms in total. The summed E-state index contributed by atoms with van der Waals surface area (Å²) in [6.07, 6.45) is 9.00. The Labute approximate surface area is 111 Å². The van der Waals surface area contributed by atoms with Gasteiger partial charge in [-0.2, -0.15) is 0 Å². The average Bonchev–Trinajstić information content (AvgIpc) is 2.32. The first-order valence-electron chi connectivity index (χ1n) is 7.53. The van der Waals surface area contributed by atoms with Gasteiger partial charge in [0.2, 0.25) is 0 Å². The number of carboxylic acid groups (broad SMARTS) is 1. The fourth-order valence-electron chi connectivity index (χ4n) is 3.20. The molecule has 1 aliphatic carbocycles. The second-order valence-corrected chi connectivity index (χ2v) is 6.04. The van der Waals surface area contributed by atoms with Gasteiger partial charge in [-0.05, 0) is 44.9 Å². The third-order valence-electron chi connectivity index (χ3n) is 4.29. The van der Waals surface area contributed by atoms with Crippen molar-refractivity contribution in [2.45, 2.75) is 83.7 Å². The maximum Gasteiger partial charge on any atom is 0.323 e. The van der Waals surface area contributed by atoms with E-state index in [9.17, 15) is 9.90 Å². The second kappa shape index (κ2) is 7.13. The van der Waals surface area contributed by atoms with Crippen molar-refractivity contribution in [3.63, 3.8) is 0 Å². The number of aliphatic carboxylic acids is 1. The Kier molecular flexibility index (Phi) is 6.13. The molecule has 0 heterocycles.